The van der Waals surface area contributed by atoms with E-state index in [1.165, 1.54) is 47.3 Å². The molecule has 2 atom stereocenters. The number of nitrogens with zero attached hydrogens (tertiary/aromatic N) is 2. The van der Waals surface area contributed by atoms with E-state index in [1.54, 1.807) is 12.1 Å². The number of esters is 1. The number of pyridine rings is 1. The van der Waals surface area contributed by atoms with Gasteiger partial charge in [-0.2, -0.15) is 8.78 Å². The number of aromatic nitrogens is 1. The van der Waals surface area contributed by atoms with Gasteiger partial charge >= 0.3 is 12.6 Å². The third-order valence-corrected chi connectivity index (χ3v) is 9.47. The van der Waals surface area contributed by atoms with Gasteiger partial charge in [0.2, 0.25) is 0 Å². The standard InChI is InChI=1S/C28H24Cl2F2N2O6S2/c29-19-11-33-12-20(30)18(19)10-22(16-3-5-21(40-28(31)32)23(9-16)38-14-15-1-2-15)39-27(37)26-34(7-8-41-26)25(36)24-6-4-17(13-35)42-24/h3-6,9,11-13,15,22,26,28H,1-2,7-8,10,14H2/t22-,26?/m0/s1. The molecule has 0 N–H and O–H groups in total. The number of carbonyl (C=O) groups excluding carboxylic acids is 3. The molecule has 1 amide bonds. The van der Waals surface area contributed by atoms with E-state index in [0.717, 1.165) is 24.2 Å². The summed E-state index contributed by atoms with van der Waals surface area (Å²) in [5.41, 5.74) is 0.890. The van der Waals surface area contributed by atoms with Crippen molar-refractivity contribution in [1.82, 2.24) is 9.88 Å². The number of hydrogen-bond acceptors (Lipinski definition) is 9. The Morgan fingerprint density at radius 1 is 1.12 bits per heavy atom. The third kappa shape index (κ3) is 7.34. The fourth-order valence-corrected chi connectivity index (χ4v) is 6.71. The van der Waals surface area contributed by atoms with Crippen LogP contribution in [0.15, 0.2) is 42.7 Å². The number of aldehydes is 1. The number of benzene rings is 1. The van der Waals surface area contributed by atoms with Crippen LogP contribution < -0.4 is 9.47 Å². The quantitative estimate of drug-likeness (QED) is 0.157. The topological polar surface area (TPSA) is 95.0 Å². The van der Waals surface area contributed by atoms with Gasteiger partial charge in [0.05, 0.1) is 26.4 Å². The molecule has 1 saturated heterocycles. The maximum absolute atomic E-state index is 13.6. The lowest BCUT2D eigenvalue weighted by Gasteiger charge is -2.26. The first-order valence-corrected chi connectivity index (χ1v) is 15.5. The van der Waals surface area contributed by atoms with Gasteiger partial charge in [-0.3, -0.25) is 14.6 Å². The first kappa shape index (κ1) is 30.5. The van der Waals surface area contributed by atoms with Gasteiger partial charge in [-0.05, 0) is 54.2 Å². The molecule has 8 nitrogen and oxygen atoms in total. The lowest BCUT2D eigenvalue weighted by atomic mass is 10.0. The molecule has 1 aliphatic carbocycles. The number of halogens is 4. The molecule has 5 rings (SSSR count). The van der Waals surface area contributed by atoms with Crippen molar-refractivity contribution >= 4 is 64.5 Å². The number of thioether (sulfide) groups is 1. The highest BCUT2D eigenvalue weighted by atomic mass is 35.5. The Morgan fingerprint density at radius 2 is 1.88 bits per heavy atom. The summed E-state index contributed by atoms with van der Waals surface area (Å²) in [4.78, 5) is 44.0. The fraction of sp³-hybridized carbons (Fsp3) is 0.357. The van der Waals surface area contributed by atoms with E-state index in [1.807, 2.05) is 0 Å². The van der Waals surface area contributed by atoms with Crippen molar-refractivity contribution in [2.75, 3.05) is 18.9 Å². The average molecular weight is 658 g/mol. The third-order valence-electron chi connectivity index (χ3n) is 6.63. The van der Waals surface area contributed by atoms with Gasteiger partial charge in [0.1, 0.15) is 6.10 Å². The van der Waals surface area contributed by atoms with Crippen LogP contribution in [0.1, 0.15) is 49.4 Å². The molecule has 0 bridgehead atoms. The highest BCUT2D eigenvalue weighted by Gasteiger charge is 2.38. The van der Waals surface area contributed by atoms with Crippen molar-refractivity contribution in [2.24, 2.45) is 5.92 Å². The van der Waals surface area contributed by atoms with Gasteiger partial charge in [0.15, 0.2) is 23.2 Å². The minimum Gasteiger partial charge on any atom is -0.489 e. The van der Waals surface area contributed by atoms with E-state index in [9.17, 15) is 23.2 Å². The Labute approximate surface area is 258 Å². The summed E-state index contributed by atoms with van der Waals surface area (Å²) in [5.74, 6) is -0.288. The van der Waals surface area contributed by atoms with Crippen LogP contribution >= 0.6 is 46.3 Å². The first-order chi connectivity index (χ1) is 20.2. The summed E-state index contributed by atoms with van der Waals surface area (Å²) in [5, 5.41) is -0.443. The van der Waals surface area contributed by atoms with Gasteiger partial charge in [-0.1, -0.05) is 29.3 Å². The molecule has 0 radical (unpaired) electrons. The second kappa shape index (κ2) is 13.6. The van der Waals surface area contributed by atoms with Crippen molar-refractivity contribution in [3.05, 3.63) is 73.7 Å². The number of alkyl halides is 2. The molecular weight excluding hydrogens is 633 g/mol. The molecule has 1 saturated carbocycles. The number of rotatable bonds is 12. The zero-order valence-corrected chi connectivity index (χ0v) is 25.0. The summed E-state index contributed by atoms with van der Waals surface area (Å²) in [7, 11) is 0. The molecule has 2 aliphatic rings. The molecule has 1 aliphatic heterocycles. The van der Waals surface area contributed by atoms with E-state index < -0.39 is 24.1 Å². The van der Waals surface area contributed by atoms with Crippen molar-refractivity contribution in [3.63, 3.8) is 0 Å². The number of carbonyl (C=O) groups is 3. The highest BCUT2D eigenvalue weighted by molar-refractivity contribution is 8.00. The maximum Gasteiger partial charge on any atom is 0.387 e. The lowest BCUT2D eigenvalue weighted by Crippen LogP contribution is -2.40. The highest BCUT2D eigenvalue weighted by Crippen LogP contribution is 2.39. The minimum atomic E-state index is -3.06. The fourth-order valence-electron chi connectivity index (χ4n) is 4.31. The van der Waals surface area contributed by atoms with Crippen LogP contribution in [0.4, 0.5) is 8.78 Å². The molecule has 3 heterocycles. The molecule has 14 heteroatoms. The van der Waals surface area contributed by atoms with Crippen molar-refractivity contribution in [1.29, 1.82) is 0 Å². The normalized spacial score (nSPS) is 17.3. The SMILES string of the molecule is O=Cc1ccc(C(=O)N2CCSC2C(=O)O[C@@H](Cc2c(Cl)cncc2Cl)c2ccc(OC(F)F)c(OCC3CC3)c2)s1. The summed E-state index contributed by atoms with van der Waals surface area (Å²) < 4.78 is 42.7. The summed E-state index contributed by atoms with van der Waals surface area (Å²) in [6, 6.07) is 7.43. The van der Waals surface area contributed by atoms with Crippen LogP contribution in [0.5, 0.6) is 11.5 Å². The van der Waals surface area contributed by atoms with Crippen LogP contribution in [0.25, 0.3) is 0 Å². The Balaban J connectivity index is 1.43. The Hall–Kier alpha value is -2.93. The van der Waals surface area contributed by atoms with Crippen LogP contribution in [0.3, 0.4) is 0 Å². The monoisotopic (exact) mass is 656 g/mol. The molecule has 2 aromatic heterocycles. The zero-order valence-electron chi connectivity index (χ0n) is 21.8. The summed E-state index contributed by atoms with van der Waals surface area (Å²) in [6.07, 6.45) is 4.50. The van der Waals surface area contributed by atoms with E-state index >= 15 is 0 Å². The summed E-state index contributed by atoms with van der Waals surface area (Å²) in [6.45, 7) is -2.42. The number of thiophene rings is 1. The van der Waals surface area contributed by atoms with Gasteiger partial charge in [0, 0.05) is 31.1 Å². The molecule has 42 heavy (non-hydrogen) atoms. The van der Waals surface area contributed by atoms with Gasteiger partial charge in [-0.15, -0.1) is 23.1 Å². The molecule has 222 valence electrons. The van der Waals surface area contributed by atoms with E-state index in [2.05, 4.69) is 9.72 Å². The predicted molar refractivity (Wildman–Crippen MR) is 155 cm³/mol. The number of amides is 1. The maximum atomic E-state index is 13.6. The number of ether oxygens (including phenoxy) is 3. The Kier molecular flexibility index (Phi) is 9.87. The summed E-state index contributed by atoms with van der Waals surface area (Å²) >= 11 is 15.1. The van der Waals surface area contributed by atoms with Gasteiger partial charge in [-0.25, -0.2) is 4.79 Å². The molecule has 1 unspecified atom stereocenters. The lowest BCUT2D eigenvalue weighted by molar-refractivity contribution is -0.151. The van der Waals surface area contributed by atoms with E-state index in [-0.39, 0.29) is 33.9 Å². The van der Waals surface area contributed by atoms with Crippen molar-refractivity contribution in [2.45, 2.75) is 37.4 Å². The zero-order chi connectivity index (χ0) is 29.8. The van der Waals surface area contributed by atoms with Crippen molar-refractivity contribution in [3.8, 4) is 11.5 Å². The average Bonchev–Trinajstić information content (AvgIpc) is 3.44. The molecule has 2 fully saturated rings. The predicted octanol–water partition coefficient (Wildman–Crippen LogP) is 6.69. The second-order valence-electron chi connectivity index (χ2n) is 9.59. The largest absolute Gasteiger partial charge is 0.489 e. The second-order valence-corrected chi connectivity index (χ2v) is 12.7. The first-order valence-electron chi connectivity index (χ1n) is 12.9. The van der Waals surface area contributed by atoms with Gasteiger partial charge < -0.3 is 19.1 Å². The molecule has 1 aromatic carbocycles. The molecule has 3 aromatic rings. The van der Waals surface area contributed by atoms with Crippen LogP contribution in [-0.4, -0.2) is 58.9 Å². The Morgan fingerprint density at radius 3 is 2.55 bits per heavy atom. The Bertz CT molecular complexity index is 1450. The minimum absolute atomic E-state index is 0.0298. The molecular formula is C28H24Cl2F2N2O6S2. The van der Waals surface area contributed by atoms with E-state index in [4.69, 9.17) is 32.7 Å². The van der Waals surface area contributed by atoms with Crippen LogP contribution in [-0.2, 0) is 16.0 Å². The van der Waals surface area contributed by atoms with Gasteiger partial charge in [0.25, 0.3) is 5.91 Å². The van der Waals surface area contributed by atoms with E-state index in [0.29, 0.717) is 52.0 Å². The van der Waals surface area contributed by atoms with Crippen LogP contribution in [0.2, 0.25) is 10.0 Å². The smallest absolute Gasteiger partial charge is 0.387 e. The van der Waals surface area contributed by atoms with Crippen LogP contribution in [0, 0.1) is 5.92 Å². The molecule has 0 spiro atoms. The number of hydrogen-bond donors (Lipinski definition) is 0. The van der Waals surface area contributed by atoms with Crippen molar-refractivity contribution < 1.29 is 37.4 Å².